The zero-order valence-corrected chi connectivity index (χ0v) is 11.4. The van der Waals surface area contributed by atoms with Crippen LogP contribution >= 0.6 is 0 Å². The van der Waals surface area contributed by atoms with Crippen LogP contribution in [0.5, 0.6) is 0 Å². The first kappa shape index (κ1) is 16.1. The van der Waals surface area contributed by atoms with E-state index >= 15 is 0 Å². The summed E-state index contributed by atoms with van der Waals surface area (Å²) in [6.07, 6.45) is 1.25. The molecule has 0 saturated heterocycles. The van der Waals surface area contributed by atoms with Gasteiger partial charge in [0.2, 0.25) is 0 Å². The summed E-state index contributed by atoms with van der Waals surface area (Å²) in [6.45, 7) is 9.06. The van der Waals surface area contributed by atoms with Gasteiger partial charge in [-0.3, -0.25) is 4.18 Å². The molecule has 0 amide bonds. The number of esters is 1. The number of ether oxygens (including phenoxy) is 1. The van der Waals surface area contributed by atoms with Gasteiger partial charge < -0.3 is 4.74 Å². The van der Waals surface area contributed by atoms with E-state index in [0.29, 0.717) is 0 Å². The van der Waals surface area contributed by atoms with Crippen molar-refractivity contribution in [3.8, 4) is 0 Å². The first-order chi connectivity index (χ1) is 7.66. The molecule has 100 valence electrons. The van der Waals surface area contributed by atoms with Gasteiger partial charge in [-0.2, -0.15) is 8.42 Å². The predicted octanol–water partition coefficient (Wildman–Crippen LogP) is 1.50. The van der Waals surface area contributed by atoms with Crippen LogP contribution in [0.1, 0.15) is 27.2 Å². The molecule has 0 atom stereocenters. The first-order valence-electron chi connectivity index (χ1n) is 5.32. The molecule has 0 unspecified atom stereocenters. The Morgan fingerprint density at radius 3 is 2.41 bits per heavy atom. The van der Waals surface area contributed by atoms with E-state index in [1.54, 1.807) is 0 Å². The molecule has 5 nitrogen and oxygen atoms in total. The Labute approximate surface area is 103 Å². The molecular formula is C11H20O5S. The van der Waals surface area contributed by atoms with Crippen molar-refractivity contribution in [3.63, 3.8) is 0 Å². The monoisotopic (exact) mass is 264 g/mol. The van der Waals surface area contributed by atoms with Gasteiger partial charge in [0.15, 0.2) is 0 Å². The SMILES string of the molecule is C=CC(=O)OCCCS(=O)(=O)OCC(C)(C)C. The summed E-state index contributed by atoms with van der Waals surface area (Å²) in [4.78, 5) is 10.7. The molecule has 0 aromatic heterocycles. The molecule has 0 heterocycles. The second-order valence-electron chi connectivity index (χ2n) is 4.81. The Bertz CT molecular complexity index is 351. The van der Waals surface area contributed by atoms with Gasteiger partial charge in [0.25, 0.3) is 10.1 Å². The van der Waals surface area contributed by atoms with Gasteiger partial charge in [0.1, 0.15) is 0 Å². The van der Waals surface area contributed by atoms with Crippen LogP contribution in [0.3, 0.4) is 0 Å². The third kappa shape index (κ3) is 10.0. The summed E-state index contributed by atoms with van der Waals surface area (Å²) in [7, 11) is -3.54. The van der Waals surface area contributed by atoms with Crippen LogP contribution in [0, 0.1) is 5.41 Å². The molecule has 0 aliphatic carbocycles. The molecule has 0 aliphatic heterocycles. The van der Waals surface area contributed by atoms with Gasteiger partial charge in [-0.1, -0.05) is 27.4 Å². The second kappa shape index (κ2) is 6.76. The first-order valence-corrected chi connectivity index (χ1v) is 6.90. The maximum atomic E-state index is 11.4. The van der Waals surface area contributed by atoms with E-state index in [2.05, 4.69) is 11.3 Å². The van der Waals surface area contributed by atoms with E-state index in [-0.39, 0.29) is 30.8 Å². The minimum absolute atomic E-state index is 0.0446. The number of rotatable bonds is 7. The van der Waals surface area contributed by atoms with E-state index in [1.165, 1.54) is 0 Å². The molecule has 0 N–H and O–H groups in total. The highest BCUT2D eigenvalue weighted by atomic mass is 32.2. The summed E-state index contributed by atoms with van der Waals surface area (Å²) in [5.41, 5.74) is -0.206. The van der Waals surface area contributed by atoms with Crippen molar-refractivity contribution in [3.05, 3.63) is 12.7 Å². The topological polar surface area (TPSA) is 69.7 Å². The lowest BCUT2D eigenvalue weighted by Gasteiger charge is -2.17. The molecular weight excluding hydrogens is 244 g/mol. The van der Waals surface area contributed by atoms with Crippen LogP contribution in [0.4, 0.5) is 0 Å². The highest BCUT2D eigenvalue weighted by Gasteiger charge is 2.17. The van der Waals surface area contributed by atoms with E-state index in [1.807, 2.05) is 20.8 Å². The summed E-state index contributed by atoms with van der Waals surface area (Å²) >= 11 is 0. The molecule has 17 heavy (non-hydrogen) atoms. The van der Waals surface area contributed by atoms with E-state index in [4.69, 9.17) is 4.18 Å². The third-order valence-electron chi connectivity index (χ3n) is 1.62. The second-order valence-corrected chi connectivity index (χ2v) is 6.57. The Kier molecular flexibility index (Phi) is 6.41. The number of hydrogen-bond donors (Lipinski definition) is 0. The maximum Gasteiger partial charge on any atom is 0.330 e. The molecule has 0 radical (unpaired) electrons. The minimum Gasteiger partial charge on any atom is -0.463 e. The van der Waals surface area contributed by atoms with Gasteiger partial charge in [-0.25, -0.2) is 4.79 Å². The largest absolute Gasteiger partial charge is 0.463 e. The zero-order valence-electron chi connectivity index (χ0n) is 10.6. The maximum absolute atomic E-state index is 11.4. The summed E-state index contributed by atoms with van der Waals surface area (Å²) in [5.74, 6) is -0.717. The quantitative estimate of drug-likeness (QED) is 0.301. The van der Waals surface area contributed by atoms with Crippen LogP contribution < -0.4 is 0 Å². The average Bonchev–Trinajstić information content (AvgIpc) is 2.20. The third-order valence-corrected chi connectivity index (χ3v) is 2.89. The molecule has 6 heteroatoms. The molecule has 0 fully saturated rings. The number of hydrogen-bond acceptors (Lipinski definition) is 5. The van der Waals surface area contributed by atoms with Gasteiger partial charge in [-0.05, 0) is 11.8 Å². The smallest absolute Gasteiger partial charge is 0.330 e. The van der Waals surface area contributed by atoms with Crippen LogP contribution in [-0.2, 0) is 23.8 Å². The molecule has 0 aliphatic rings. The van der Waals surface area contributed by atoms with Crippen LogP contribution in [0.15, 0.2) is 12.7 Å². The normalized spacial score (nSPS) is 12.2. The van der Waals surface area contributed by atoms with Gasteiger partial charge in [0.05, 0.1) is 19.0 Å². The highest BCUT2D eigenvalue weighted by Crippen LogP contribution is 2.14. The lowest BCUT2D eigenvalue weighted by molar-refractivity contribution is -0.137. The summed E-state index contributed by atoms with van der Waals surface area (Å²) in [5, 5.41) is 0. The Hall–Kier alpha value is -0.880. The summed E-state index contributed by atoms with van der Waals surface area (Å²) in [6, 6.07) is 0. The van der Waals surface area contributed by atoms with Crippen LogP contribution in [0.2, 0.25) is 0 Å². The standard InChI is InChI=1S/C11H20O5S/c1-5-10(12)15-7-6-8-17(13,14)16-9-11(2,3)4/h5H,1,6-9H2,2-4H3. The van der Waals surface area contributed by atoms with E-state index in [9.17, 15) is 13.2 Å². The molecule has 0 bridgehead atoms. The fourth-order valence-corrected chi connectivity index (χ4v) is 1.92. The van der Waals surface area contributed by atoms with Crippen molar-refractivity contribution >= 4 is 16.1 Å². The summed E-state index contributed by atoms with van der Waals surface area (Å²) < 4.78 is 32.3. The number of carbonyl (C=O) groups excluding carboxylic acids is 1. The van der Waals surface area contributed by atoms with Crippen molar-refractivity contribution in [1.82, 2.24) is 0 Å². The number of carbonyl (C=O) groups is 1. The molecule has 0 spiro atoms. The lowest BCUT2D eigenvalue weighted by Crippen LogP contribution is -2.21. The lowest BCUT2D eigenvalue weighted by atomic mass is 9.99. The van der Waals surface area contributed by atoms with E-state index in [0.717, 1.165) is 6.08 Å². The zero-order chi connectivity index (χ0) is 13.5. The van der Waals surface area contributed by atoms with Gasteiger partial charge in [-0.15, -0.1) is 0 Å². The van der Waals surface area contributed by atoms with Crippen molar-refractivity contribution in [2.75, 3.05) is 19.0 Å². The molecule has 0 aromatic rings. The molecule has 0 rings (SSSR count). The molecule has 0 saturated carbocycles. The highest BCUT2D eigenvalue weighted by molar-refractivity contribution is 7.86. The Morgan fingerprint density at radius 1 is 1.35 bits per heavy atom. The van der Waals surface area contributed by atoms with Gasteiger partial charge >= 0.3 is 5.97 Å². The van der Waals surface area contributed by atoms with Crippen molar-refractivity contribution in [1.29, 1.82) is 0 Å². The fourth-order valence-electron chi connectivity index (χ4n) is 0.793. The Balaban J connectivity index is 3.87. The molecule has 0 aromatic carbocycles. The predicted molar refractivity (Wildman–Crippen MR) is 65.0 cm³/mol. The minimum atomic E-state index is -3.54. The van der Waals surface area contributed by atoms with Crippen molar-refractivity contribution in [2.24, 2.45) is 5.41 Å². The fraction of sp³-hybridized carbons (Fsp3) is 0.727. The van der Waals surface area contributed by atoms with Gasteiger partial charge in [0, 0.05) is 6.08 Å². The Morgan fingerprint density at radius 2 is 1.94 bits per heavy atom. The average molecular weight is 264 g/mol. The van der Waals surface area contributed by atoms with Crippen molar-refractivity contribution < 1.29 is 22.1 Å². The van der Waals surface area contributed by atoms with Crippen LogP contribution in [0.25, 0.3) is 0 Å². The van der Waals surface area contributed by atoms with Crippen molar-refractivity contribution in [2.45, 2.75) is 27.2 Å². The van der Waals surface area contributed by atoms with Crippen LogP contribution in [-0.4, -0.2) is 33.4 Å². The van der Waals surface area contributed by atoms with E-state index < -0.39 is 16.1 Å².